The SMILES string of the molecule is C=C(NNC(=O)CCn1c2ccccc2c2ccccc21)c1ccncc1. The van der Waals surface area contributed by atoms with Crippen LogP contribution in [0.3, 0.4) is 0 Å². The maximum absolute atomic E-state index is 12.3. The summed E-state index contributed by atoms with van der Waals surface area (Å²) in [4.78, 5) is 16.3. The molecule has 1 amide bonds. The first-order chi connectivity index (χ1) is 13.2. The van der Waals surface area contributed by atoms with Gasteiger partial charge in [-0.05, 0) is 24.3 Å². The van der Waals surface area contributed by atoms with E-state index in [2.05, 4.69) is 51.2 Å². The quantitative estimate of drug-likeness (QED) is 0.516. The van der Waals surface area contributed by atoms with Gasteiger partial charge >= 0.3 is 0 Å². The number of fused-ring (bicyclic) bond motifs is 3. The molecule has 27 heavy (non-hydrogen) atoms. The van der Waals surface area contributed by atoms with Gasteiger partial charge < -0.3 is 4.57 Å². The number of para-hydroxylation sites is 2. The molecule has 0 aliphatic heterocycles. The number of amides is 1. The van der Waals surface area contributed by atoms with Crippen LogP contribution in [0.4, 0.5) is 0 Å². The molecule has 4 aromatic rings. The summed E-state index contributed by atoms with van der Waals surface area (Å²) in [6, 6.07) is 20.2. The molecule has 5 heteroatoms. The molecule has 0 spiro atoms. The molecule has 5 nitrogen and oxygen atoms in total. The monoisotopic (exact) mass is 356 g/mol. The fourth-order valence-electron chi connectivity index (χ4n) is 3.29. The Morgan fingerprint density at radius 1 is 0.889 bits per heavy atom. The summed E-state index contributed by atoms with van der Waals surface area (Å²) in [7, 11) is 0. The standard InChI is InChI=1S/C22H20N4O/c1-16(17-10-13-23-14-11-17)24-25-22(27)12-15-26-20-8-4-2-6-18(20)19-7-3-5-9-21(19)26/h2-11,13-14,24H,1,12,15H2,(H,25,27). The number of carbonyl (C=O) groups is 1. The van der Waals surface area contributed by atoms with Gasteiger partial charge in [-0.1, -0.05) is 43.0 Å². The van der Waals surface area contributed by atoms with Crippen molar-refractivity contribution in [3.8, 4) is 0 Å². The van der Waals surface area contributed by atoms with Gasteiger partial charge in [-0.3, -0.25) is 20.6 Å². The average molecular weight is 356 g/mol. The smallest absolute Gasteiger partial charge is 0.240 e. The van der Waals surface area contributed by atoms with Gasteiger partial charge in [0.2, 0.25) is 5.91 Å². The summed E-state index contributed by atoms with van der Waals surface area (Å²) < 4.78 is 2.20. The summed E-state index contributed by atoms with van der Waals surface area (Å²) in [6.45, 7) is 4.53. The second-order valence-electron chi connectivity index (χ2n) is 6.32. The first-order valence-corrected chi connectivity index (χ1v) is 8.84. The third-order valence-electron chi connectivity index (χ3n) is 4.62. The van der Waals surface area contributed by atoms with Crippen molar-refractivity contribution >= 4 is 33.4 Å². The largest absolute Gasteiger partial charge is 0.340 e. The molecule has 4 rings (SSSR count). The number of benzene rings is 2. The Bertz CT molecular complexity index is 1060. The summed E-state index contributed by atoms with van der Waals surface area (Å²) >= 11 is 0. The highest BCUT2D eigenvalue weighted by atomic mass is 16.2. The van der Waals surface area contributed by atoms with Crippen LogP contribution in [0.5, 0.6) is 0 Å². The number of pyridine rings is 1. The highest BCUT2D eigenvalue weighted by Crippen LogP contribution is 2.28. The molecule has 0 aliphatic carbocycles. The predicted octanol–water partition coefficient (Wildman–Crippen LogP) is 3.87. The molecule has 0 saturated carbocycles. The van der Waals surface area contributed by atoms with Gasteiger partial charge in [0.15, 0.2) is 0 Å². The topological polar surface area (TPSA) is 58.9 Å². The van der Waals surface area contributed by atoms with Crippen LogP contribution in [-0.4, -0.2) is 15.5 Å². The number of rotatable bonds is 6. The number of hydrogen-bond acceptors (Lipinski definition) is 3. The fraction of sp³-hybridized carbons (Fsp3) is 0.0909. The van der Waals surface area contributed by atoms with Crippen LogP contribution in [0, 0.1) is 0 Å². The summed E-state index contributed by atoms with van der Waals surface area (Å²) in [5, 5.41) is 2.41. The van der Waals surface area contributed by atoms with E-state index in [1.165, 1.54) is 10.8 Å². The second kappa shape index (κ2) is 7.33. The Balaban J connectivity index is 1.45. The summed E-state index contributed by atoms with van der Waals surface area (Å²) in [6.07, 6.45) is 3.73. The van der Waals surface area contributed by atoms with Crippen molar-refractivity contribution in [3.63, 3.8) is 0 Å². The van der Waals surface area contributed by atoms with Gasteiger partial charge in [0.1, 0.15) is 0 Å². The molecule has 0 saturated heterocycles. The maximum Gasteiger partial charge on any atom is 0.240 e. The average Bonchev–Trinajstić information content (AvgIpc) is 3.05. The van der Waals surface area contributed by atoms with Crippen LogP contribution < -0.4 is 10.9 Å². The van der Waals surface area contributed by atoms with E-state index in [1.807, 2.05) is 36.4 Å². The number of aromatic nitrogens is 2. The minimum atomic E-state index is -0.0907. The van der Waals surface area contributed by atoms with Crippen molar-refractivity contribution in [2.75, 3.05) is 0 Å². The van der Waals surface area contributed by atoms with Crippen molar-refractivity contribution in [3.05, 3.63) is 85.2 Å². The number of aryl methyl sites for hydroxylation is 1. The van der Waals surface area contributed by atoms with Crippen LogP contribution >= 0.6 is 0 Å². The highest BCUT2D eigenvalue weighted by molar-refractivity contribution is 6.08. The third-order valence-corrected chi connectivity index (χ3v) is 4.62. The molecule has 0 atom stereocenters. The predicted molar refractivity (Wildman–Crippen MR) is 109 cm³/mol. The van der Waals surface area contributed by atoms with Gasteiger partial charge in [0.25, 0.3) is 0 Å². The van der Waals surface area contributed by atoms with Crippen LogP contribution in [0.1, 0.15) is 12.0 Å². The Kier molecular flexibility index (Phi) is 4.58. The van der Waals surface area contributed by atoms with Gasteiger partial charge in [-0.15, -0.1) is 0 Å². The first-order valence-electron chi connectivity index (χ1n) is 8.84. The van der Waals surface area contributed by atoms with Gasteiger partial charge in [0.05, 0.1) is 5.70 Å². The molecular weight excluding hydrogens is 336 g/mol. The lowest BCUT2D eigenvalue weighted by molar-refractivity contribution is -0.121. The van der Waals surface area contributed by atoms with Gasteiger partial charge in [0, 0.05) is 52.7 Å². The van der Waals surface area contributed by atoms with E-state index in [1.54, 1.807) is 12.4 Å². The molecule has 2 N–H and O–H groups in total. The summed E-state index contributed by atoms with van der Waals surface area (Å²) in [5.41, 5.74) is 9.38. The zero-order valence-corrected chi connectivity index (χ0v) is 14.9. The Morgan fingerprint density at radius 2 is 1.48 bits per heavy atom. The van der Waals surface area contributed by atoms with Crippen molar-refractivity contribution in [1.29, 1.82) is 0 Å². The second-order valence-corrected chi connectivity index (χ2v) is 6.32. The van der Waals surface area contributed by atoms with Gasteiger partial charge in [-0.25, -0.2) is 0 Å². The van der Waals surface area contributed by atoms with Crippen LogP contribution in [0.25, 0.3) is 27.5 Å². The first kappa shape index (κ1) is 16.8. The minimum absolute atomic E-state index is 0.0907. The fourth-order valence-corrected chi connectivity index (χ4v) is 3.29. The maximum atomic E-state index is 12.3. The Morgan fingerprint density at radius 3 is 2.11 bits per heavy atom. The van der Waals surface area contributed by atoms with Gasteiger partial charge in [-0.2, -0.15) is 0 Å². The lowest BCUT2D eigenvalue weighted by atomic mass is 10.2. The lowest BCUT2D eigenvalue weighted by Crippen LogP contribution is -2.36. The van der Waals surface area contributed by atoms with E-state index < -0.39 is 0 Å². The molecule has 0 radical (unpaired) electrons. The molecule has 0 fully saturated rings. The van der Waals surface area contributed by atoms with E-state index >= 15 is 0 Å². The molecule has 2 aromatic heterocycles. The molecule has 2 heterocycles. The summed E-state index contributed by atoms with van der Waals surface area (Å²) in [5.74, 6) is -0.0907. The molecule has 2 aromatic carbocycles. The number of hydrazine groups is 1. The van der Waals surface area contributed by atoms with Crippen LogP contribution in [-0.2, 0) is 11.3 Å². The molecular formula is C22H20N4O. The number of nitrogens with one attached hydrogen (secondary N) is 2. The van der Waals surface area contributed by atoms with Crippen molar-refractivity contribution in [1.82, 2.24) is 20.4 Å². The molecule has 0 aliphatic rings. The minimum Gasteiger partial charge on any atom is -0.340 e. The van der Waals surface area contributed by atoms with E-state index in [0.717, 1.165) is 16.6 Å². The van der Waals surface area contributed by atoms with Crippen molar-refractivity contribution in [2.24, 2.45) is 0 Å². The van der Waals surface area contributed by atoms with E-state index in [0.29, 0.717) is 18.7 Å². The van der Waals surface area contributed by atoms with Crippen molar-refractivity contribution < 1.29 is 4.79 Å². The molecule has 0 unspecified atom stereocenters. The zero-order valence-electron chi connectivity index (χ0n) is 14.9. The highest BCUT2D eigenvalue weighted by Gasteiger charge is 2.11. The van der Waals surface area contributed by atoms with Crippen molar-refractivity contribution in [2.45, 2.75) is 13.0 Å². The zero-order chi connectivity index (χ0) is 18.6. The van der Waals surface area contributed by atoms with E-state index in [-0.39, 0.29) is 5.91 Å². The number of nitrogens with zero attached hydrogens (tertiary/aromatic N) is 2. The molecule has 0 bridgehead atoms. The number of carbonyl (C=O) groups excluding carboxylic acids is 1. The normalized spacial score (nSPS) is 10.8. The Labute approximate surface area is 157 Å². The van der Waals surface area contributed by atoms with Crippen LogP contribution in [0.2, 0.25) is 0 Å². The lowest BCUT2D eigenvalue weighted by Gasteiger charge is -2.12. The molecule has 134 valence electrons. The number of hydrogen-bond donors (Lipinski definition) is 2. The third kappa shape index (κ3) is 3.40. The van der Waals surface area contributed by atoms with E-state index in [4.69, 9.17) is 0 Å². The van der Waals surface area contributed by atoms with Crippen LogP contribution in [0.15, 0.2) is 79.6 Å². The van der Waals surface area contributed by atoms with E-state index in [9.17, 15) is 4.79 Å². The Hall–Kier alpha value is -3.60.